The van der Waals surface area contributed by atoms with Gasteiger partial charge in [0.05, 0.1) is 0 Å². The van der Waals surface area contributed by atoms with Crippen molar-refractivity contribution in [1.29, 1.82) is 0 Å². The Morgan fingerprint density at radius 2 is 1.48 bits per heavy atom. The Morgan fingerprint density at radius 3 is 2.00 bits per heavy atom. The fraction of sp³-hybridized carbons (Fsp3) is 0.667. The SMILES string of the molecule is CCN(CC)CCCN(CC)CC(CBr)c1ccccc1. The van der Waals surface area contributed by atoms with Gasteiger partial charge in [0.15, 0.2) is 0 Å². The molecule has 1 aromatic carbocycles. The molecular weight excluding hydrogens is 324 g/mol. The Bertz CT molecular complexity index is 351. The van der Waals surface area contributed by atoms with Crippen molar-refractivity contribution in [2.24, 2.45) is 0 Å². The zero-order valence-electron chi connectivity index (χ0n) is 13.9. The van der Waals surface area contributed by atoms with E-state index in [2.05, 4.69) is 76.8 Å². The predicted octanol–water partition coefficient (Wildman–Crippen LogP) is 4.22. The quantitative estimate of drug-likeness (QED) is 0.549. The van der Waals surface area contributed by atoms with E-state index in [0.717, 1.165) is 31.5 Å². The smallest absolute Gasteiger partial charge is 0.0112 e. The third-order valence-corrected chi connectivity index (χ3v) is 5.01. The van der Waals surface area contributed by atoms with Gasteiger partial charge in [0.1, 0.15) is 0 Å². The first kappa shape index (κ1) is 18.7. The molecule has 0 aliphatic rings. The fourth-order valence-corrected chi connectivity index (χ4v) is 3.30. The highest BCUT2D eigenvalue weighted by atomic mass is 79.9. The second-order valence-corrected chi connectivity index (χ2v) is 6.18. The van der Waals surface area contributed by atoms with Crippen LogP contribution in [0.2, 0.25) is 0 Å². The maximum Gasteiger partial charge on any atom is 0.0112 e. The molecule has 3 heteroatoms. The highest BCUT2D eigenvalue weighted by Crippen LogP contribution is 2.19. The van der Waals surface area contributed by atoms with Crippen molar-refractivity contribution in [2.75, 3.05) is 44.6 Å². The van der Waals surface area contributed by atoms with E-state index in [1.165, 1.54) is 25.1 Å². The van der Waals surface area contributed by atoms with Gasteiger partial charge < -0.3 is 9.80 Å². The lowest BCUT2D eigenvalue weighted by atomic mass is 10.0. The average Bonchev–Trinajstić information content (AvgIpc) is 2.55. The minimum Gasteiger partial charge on any atom is -0.304 e. The van der Waals surface area contributed by atoms with E-state index in [9.17, 15) is 0 Å². The largest absolute Gasteiger partial charge is 0.304 e. The van der Waals surface area contributed by atoms with E-state index in [-0.39, 0.29) is 0 Å². The van der Waals surface area contributed by atoms with E-state index < -0.39 is 0 Å². The maximum atomic E-state index is 3.69. The molecule has 0 amide bonds. The number of alkyl halides is 1. The summed E-state index contributed by atoms with van der Waals surface area (Å²) >= 11 is 3.69. The molecule has 120 valence electrons. The number of benzene rings is 1. The van der Waals surface area contributed by atoms with Gasteiger partial charge in [-0.05, 0) is 44.7 Å². The highest BCUT2D eigenvalue weighted by molar-refractivity contribution is 9.09. The molecule has 0 saturated heterocycles. The van der Waals surface area contributed by atoms with Crippen molar-refractivity contribution in [3.05, 3.63) is 35.9 Å². The van der Waals surface area contributed by atoms with E-state index in [1.54, 1.807) is 0 Å². The topological polar surface area (TPSA) is 6.48 Å². The Labute approximate surface area is 139 Å². The molecular formula is C18H31BrN2. The minimum atomic E-state index is 0.583. The summed E-state index contributed by atoms with van der Waals surface area (Å²) in [5, 5.41) is 1.03. The summed E-state index contributed by atoms with van der Waals surface area (Å²) in [5.74, 6) is 0.583. The summed E-state index contributed by atoms with van der Waals surface area (Å²) in [5.41, 5.74) is 1.44. The second kappa shape index (κ2) is 11.2. The van der Waals surface area contributed by atoms with Crippen LogP contribution in [0, 0.1) is 0 Å². The molecule has 1 unspecified atom stereocenters. The molecule has 21 heavy (non-hydrogen) atoms. The molecule has 1 rings (SSSR count). The van der Waals surface area contributed by atoms with Crippen LogP contribution in [0.4, 0.5) is 0 Å². The van der Waals surface area contributed by atoms with Gasteiger partial charge in [-0.2, -0.15) is 0 Å². The molecule has 1 aromatic rings. The van der Waals surface area contributed by atoms with E-state index in [0.29, 0.717) is 5.92 Å². The molecule has 0 bridgehead atoms. The molecule has 0 aromatic heterocycles. The monoisotopic (exact) mass is 354 g/mol. The molecule has 0 heterocycles. The Kier molecular flexibility index (Phi) is 9.98. The number of rotatable bonds is 11. The average molecular weight is 355 g/mol. The lowest BCUT2D eigenvalue weighted by molar-refractivity contribution is 0.237. The van der Waals surface area contributed by atoms with Crippen LogP contribution < -0.4 is 0 Å². The summed E-state index contributed by atoms with van der Waals surface area (Å²) in [4.78, 5) is 5.09. The first-order valence-electron chi connectivity index (χ1n) is 8.30. The number of hydrogen-bond acceptors (Lipinski definition) is 2. The van der Waals surface area contributed by atoms with Crippen LogP contribution in [0.3, 0.4) is 0 Å². The molecule has 0 spiro atoms. The first-order chi connectivity index (χ1) is 10.2. The molecule has 0 aliphatic carbocycles. The summed E-state index contributed by atoms with van der Waals surface area (Å²) in [6, 6.07) is 10.9. The van der Waals surface area contributed by atoms with E-state index >= 15 is 0 Å². The Morgan fingerprint density at radius 1 is 0.905 bits per heavy atom. The third kappa shape index (κ3) is 6.94. The predicted molar refractivity (Wildman–Crippen MR) is 97.5 cm³/mol. The molecule has 0 saturated carbocycles. The van der Waals surface area contributed by atoms with Crippen molar-refractivity contribution in [2.45, 2.75) is 33.1 Å². The van der Waals surface area contributed by atoms with Crippen LogP contribution in [0.1, 0.15) is 38.7 Å². The van der Waals surface area contributed by atoms with Crippen LogP contribution in [0.15, 0.2) is 30.3 Å². The Hall–Kier alpha value is -0.380. The van der Waals surface area contributed by atoms with Gasteiger partial charge in [0.2, 0.25) is 0 Å². The van der Waals surface area contributed by atoms with Crippen molar-refractivity contribution in [1.82, 2.24) is 9.80 Å². The lowest BCUT2D eigenvalue weighted by Crippen LogP contribution is -2.33. The number of nitrogens with zero attached hydrogens (tertiary/aromatic N) is 2. The second-order valence-electron chi connectivity index (χ2n) is 5.54. The Balaban J connectivity index is 2.44. The highest BCUT2D eigenvalue weighted by Gasteiger charge is 2.14. The molecule has 0 fully saturated rings. The number of halogens is 1. The van der Waals surface area contributed by atoms with Gasteiger partial charge >= 0.3 is 0 Å². The van der Waals surface area contributed by atoms with Crippen LogP contribution in [-0.2, 0) is 0 Å². The van der Waals surface area contributed by atoms with Crippen LogP contribution >= 0.6 is 15.9 Å². The standard InChI is InChI=1S/C18H31BrN2/c1-4-20(5-2)13-10-14-21(6-3)16-18(15-19)17-11-8-7-9-12-17/h7-9,11-12,18H,4-6,10,13-16H2,1-3H3. The van der Waals surface area contributed by atoms with Crippen LogP contribution in [-0.4, -0.2) is 54.4 Å². The molecule has 0 N–H and O–H groups in total. The molecule has 0 radical (unpaired) electrons. The van der Waals surface area contributed by atoms with Crippen LogP contribution in [0.5, 0.6) is 0 Å². The fourth-order valence-electron chi connectivity index (χ4n) is 2.72. The normalized spacial score (nSPS) is 13.0. The number of hydrogen-bond donors (Lipinski definition) is 0. The molecule has 0 aliphatic heterocycles. The third-order valence-electron chi connectivity index (χ3n) is 4.23. The van der Waals surface area contributed by atoms with E-state index in [4.69, 9.17) is 0 Å². The van der Waals surface area contributed by atoms with Gasteiger partial charge in [0, 0.05) is 17.8 Å². The van der Waals surface area contributed by atoms with Crippen molar-refractivity contribution in [3.63, 3.8) is 0 Å². The zero-order valence-corrected chi connectivity index (χ0v) is 15.5. The first-order valence-corrected chi connectivity index (χ1v) is 9.42. The number of likely N-dealkylation sites (N-methyl/N-ethyl adjacent to an activating group) is 1. The maximum absolute atomic E-state index is 3.69. The van der Waals surface area contributed by atoms with Gasteiger partial charge in [0.25, 0.3) is 0 Å². The van der Waals surface area contributed by atoms with Gasteiger partial charge in [-0.1, -0.05) is 67.0 Å². The van der Waals surface area contributed by atoms with Gasteiger partial charge in [-0.3, -0.25) is 0 Å². The zero-order chi connectivity index (χ0) is 15.5. The summed E-state index contributed by atoms with van der Waals surface area (Å²) in [7, 11) is 0. The van der Waals surface area contributed by atoms with Crippen LogP contribution in [0.25, 0.3) is 0 Å². The summed E-state index contributed by atoms with van der Waals surface area (Å²) < 4.78 is 0. The summed E-state index contributed by atoms with van der Waals surface area (Å²) in [6.07, 6.45) is 1.26. The van der Waals surface area contributed by atoms with Crippen molar-refractivity contribution >= 4 is 15.9 Å². The lowest BCUT2D eigenvalue weighted by Gasteiger charge is -2.27. The summed E-state index contributed by atoms with van der Waals surface area (Å²) in [6.45, 7) is 13.8. The minimum absolute atomic E-state index is 0.583. The molecule has 1 atom stereocenters. The van der Waals surface area contributed by atoms with E-state index in [1.807, 2.05) is 0 Å². The van der Waals surface area contributed by atoms with Crippen molar-refractivity contribution < 1.29 is 0 Å². The van der Waals surface area contributed by atoms with Gasteiger partial charge in [-0.15, -0.1) is 0 Å². The van der Waals surface area contributed by atoms with Crippen molar-refractivity contribution in [3.8, 4) is 0 Å². The molecule has 2 nitrogen and oxygen atoms in total. The van der Waals surface area contributed by atoms with Gasteiger partial charge in [-0.25, -0.2) is 0 Å².